The van der Waals surface area contributed by atoms with Gasteiger partial charge in [-0.3, -0.25) is 4.79 Å². The van der Waals surface area contributed by atoms with Gasteiger partial charge in [0, 0.05) is 19.5 Å². The zero-order valence-corrected chi connectivity index (χ0v) is 8.43. The number of para-hydroxylation sites is 1. The first-order chi connectivity index (χ1) is 7.24. The molecule has 2 aromatic rings. The molecule has 0 atom stereocenters. The van der Waals surface area contributed by atoms with Crippen LogP contribution in [-0.2, 0) is 18.3 Å². The molecule has 0 saturated heterocycles. The van der Waals surface area contributed by atoms with Crippen molar-refractivity contribution in [3.63, 3.8) is 0 Å². The predicted octanol–water partition coefficient (Wildman–Crippen LogP) is 1.28. The highest BCUT2D eigenvalue weighted by Gasteiger charge is 2.04. The number of aldehydes is 1. The molecule has 0 aliphatic rings. The van der Waals surface area contributed by atoms with Crippen LogP contribution >= 0.6 is 0 Å². The van der Waals surface area contributed by atoms with Crippen molar-refractivity contribution in [2.75, 3.05) is 0 Å². The van der Waals surface area contributed by atoms with Crippen molar-refractivity contribution in [1.29, 1.82) is 0 Å². The number of hydrogen-bond acceptors (Lipinski definition) is 2. The average molecular weight is 201 g/mol. The van der Waals surface area contributed by atoms with E-state index in [4.69, 9.17) is 0 Å². The van der Waals surface area contributed by atoms with Crippen molar-refractivity contribution in [3.05, 3.63) is 46.2 Å². The number of fused-ring (bicyclic) bond motifs is 1. The number of rotatable bonds is 2. The lowest BCUT2D eigenvalue weighted by Crippen LogP contribution is -2.16. The van der Waals surface area contributed by atoms with E-state index < -0.39 is 0 Å². The number of nitrogens with zero attached hydrogens (tertiary/aromatic N) is 1. The van der Waals surface area contributed by atoms with Crippen LogP contribution in [0.3, 0.4) is 0 Å². The second-order valence-electron chi connectivity index (χ2n) is 3.46. The smallest absolute Gasteiger partial charge is 0.250 e. The average Bonchev–Trinajstić information content (AvgIpc) is 2.24. The summed E-state index contributed by atoms with van der Waals surface area (Å²) in [6.45, 7) is 0. The minimum absolute atomic E-state index is 0.0548. The van der Waals surface area contributed by atoms with Gasteiger partial charge in [0.15, 0.2) is 0 Å². The number of aromatic nitrogens is 1. The molecule has 0 spiro atoms. The van der Waals surface area contributed by atoms with E-state index in [1.807, 2.05) is 18.2 Å². The predicted molar refractivity (Wildman–Crippen MR) is 59.0 cm³/mol. The number of pyridine rings is 1. The molecular weight excluding hydrogens is 190 g/mol. The van der Waals surface area contributed by atoms with E-state index in [2.05, 4.69) is 0 Å². The molecule has 0 amide bonds. The first kappa shape index (κ1) is 9.65. The zero-order valence-electron chi connectivity index (χ0n) is 8.43. The van der Waals surface area contributed by atoms with Gasteiger partial charge in [-0.05, 0) is 17.0 Å². The van der Waals surface area contributed by atoms with E-state index in [9.17, 15) is 9.59 Å². The summed E-state index contributed by atoms with van der Waals surface area (Å²) in [6.07, 6.45) is 1.20. The molecule has 0 bridgehead atoms. The topological polar surface area (TPSA) is 39.1 Å². The second kappa shape index (κ2) is 3.69. The van der Waals surface area contributed by atoms with E-state index >= 15 is 0 Å². The number of carbonyl (C=O) groups is 1. The molecule has 0 fully saturated rings. The summed E-state index contributed by atoms with van der Waals surface area (Å²) in [5, 5.41) is 0.983. The van der Waals surface area contributed by atoms with Crippen molar-refractivity contribution in [2.45, 2.75) is 6.42 Å². The van der Waals surface area contributed by atoms with Gasteiger partial charge >= 0.3 is 0 Å². The Hall–Kier alpha value is -1.90. The fraction of sp³-hybridized carbons (Fsp3) is 0.167. The highest BCUT2D eigenvalue weighted by atomic mass is 16.1. The van der Waals surface area contributed by atoms with Crippen LogP contribution in [0.25, 0.3) is 10.9 Å². The van der Waals surface area contributed by atoms with Crippen molar-refractivity contribution in [2.24, 2.45) is 7.05 Å². The molecule has 1 aromatic heterocycles. The summed E-state index contributed by atoms with van der Waals surface area (Å²) in [5.74, 6) is 0. The normalized spacial score (nSPS) is 10.5. The van der Waals surface area contributed by atoms with Crippen molar-refractivity contribution >= 4 is 17.2 Å². The first-order valence-corrected chi connectivity index (χ1v) is 4.75. The molecule has 76 valence electrons. The van der Waals surface area contributed by atoms with Crippen LogP contribution in [-0.4, -0.2) is 10.9 Å². The maximum atomic E-state index is 11.5. The highest BCUT2D eigenvalue weighted by molar-refractivity contribution is 5.84. The third-order valence-corrected chi connectivity index (χ3v) is 2.53. The number of carbonyl (C=O) groups excluding carboxylic acids is 1. The van der Waals surface area contributed by atoms with Gasteiger partial charge in [0.05, 0.1) is 5.52 Å². The van der Waals surface area contributed by atoms with Crippen LogP contribution in [0.1, 0.15) is 5.56 Å². The lowest BCUT2D eigenvalue weighted by Gasteiger charge is -2.07. The first-order valence-electron chi connectivity index (χ1n) is 4.75. The highest BCUT2D eigenvalue weighted by Crippen LogP contribution is 2.16. The van der Waals surface area contributed by atoms with E-state index in [1.165, 1.54) is 6.07 Å². The molecule has 0 aliphatic heterocycles. The summed E-state index contributed by atoms with van der Waals surface area (Å²) >= 11 is 0. The van der Waals surface area contributed by atoms with E-state index in [-0.39, 0.29) is 5.56 Å². The SMILES string of the molecule is Cn1c(=O)ccc2cccc(CC=O)c21. The minimum Gasteiger partial charge on any atom is -0.311 e. The number of hydrogen-bond donors (Lipinski definition) is 0. The fourth-order valence-electron chi connectivity index (χ4n) is 1.79. The van der Waals surface area contributed by atoms with Crippen molar-refractivity contribution in [1.82, 2.24) is 4.57 Å². The molecule has 1 heterocycles. The Balaban J connectivity index is 2.87. The molecule has 0 N–H and O–H groups in total. The Bertz CT molecular complexity index is 569. The summed E-state index contributed by atoms with van der Waals surface area (Å²) in [6, 6.07) is 9.02. The Labute approximate surface area is 87.0 Å². The van der Waals surface area contributed by atoms with Gasteiger partial charge < -0.3 is 9.36 Å². The lowest BCUT2D eigenvalue weighted by molar-refractivity contribution is -0.107. The summed E-state index contributed by atoms with van der Waals surface area (Å²) < 4.78 is 1.58. The molecule has 0 unspecified atom stereocenters. The van der Waals surface area contributed by atoms with Gasteiger partial charge in [-0.2, -0.15) is 0 Å². The molecule has 15 heavy (non-hydrogen) atoms. The van der Waals surface area contributed by atoms with Gasteiger partial charge in [0.2, 0.25) is 0 Å². The van der Waals surface area contributed by atoms with Gasteiger partial charge in [0.1, 0.15) is 6.29 Å². The number of aryl methyl sites for hydroxylation is 1. The van der Waals surface area contributed by atoms with Gasteiger partial charge in [-0.25, -0.2) is 0 Å². The maximum Gasteiger partial charge on any atom is 0.250 e. The second-order valence-corrected chi connectivity index (χ2v) is 3.46. The van der Waals surface area contributed by atoms with Crippen LogP contribution in [0.15, 0.2) is 35.1 Å². The largest absolute Gasteiger partial charge is 0.311 e. The van der Waals surface area contributed by atoms with Crippen LogP contribution < -0.4 is 5.56 Å². The minimum atomic E-state index is -0.0548. The van der Waals surface area contributed by atoms with Gasteiger partial charge in [-0.1, -0.05) is 18.2 Å². The van der Waals surface area contributed by atoms with Crippen LogP contribution in [0, 0.1) is 0 Å². The van der Waals surface area contributed by atoms with Crippen molar-refractivity contribution < 1.29 is 4.79 Å². The lowest BCUT2D eigenvalue weighted by atomic mass is 10.1. The molecule has 3 heteroatoms. The van der Waals surface area contributed by atoms with E-state index in [0.29, 0.717) is 6.42 Å². The zero-order chi connectivity index (χ0) is 10.8. The summed E-state index contributed by atoms with van der Waals surface area (Å²) in [5.41, 5.74) is 1.68. The monoisotopic (exact) mass is 201 g/mol. The molecular formula is C12H11NO2. The van der Waals surface area contributed by atoms with Crippen LogP contribution in [0.4, 0.5) is 0 Å². The number of benzene rings is 1. The van der Waals surface area contributed by atoms with E-state index in [1.54, 1.807) is 17.7 Å². The van der Waals surface area contributed by atoms with E-state index in [0.717, 1.165) is 22.8 Å². The van der Waals surface area contributed by atoms with Crippen LogP contribution in [0.5, 0.6) is 0 Å². The third-order valence-electron chi connectivity index (χ3n) is 2.53. The van der Waals surface area contributed by atoms with Crippen LogP contribution in [0.2, 0.25) is 0 Å². The Morgan fingerprint density at radius 1 is 1.27 bits per heavy atom. The molecule has 0 radical (unpaired) electrons. The van der Waals surface area contributed by atoms with Gasteiger partial charge in [0.25, 0.3) is 5.56 Å². The quantitative estimate of drug-likeness (QED) is 0.686. The van der Waals surface area contributed by atoms with Crippen molar-refractivity contribution in [3.8, 4) is 0 Å². The van der Waals surface area contributed by atoms with Gasteiger partial charge in [-0.15, -0.1) is 0 Å². The molecule has 2 rings (SSSR count). The maximum absolute atomic E-state index is 11.5. The Morgan fingerprint density at radius 2 is 2.07 bits per heavy atom. The molecule has 3 nitrogen and oxygen atoms in total. The summed E-state index contributed by atoms with van der Waals surface area (Å²) in [4.78, 5) is 22.0. The Kier molecular flexibility index (Phi) is 2.37. The standard InChI is InChI=1S/C12H11NO2/c1-13-11(15)6-5-9-3-2-4-10(7-8-14)12(9)13/h2-6,8H,7H2,1H3. The molecule has 0 aliphatic carbocycles. The molecule has 0 saturated carbocycles. The third kappa shape index (κ3) is 1.56. The fourth-order valence-corrected chi connectivity index (χ4v) is 1.79. The Morgan fingerprint density at radius 3 is 2.80 bits per heavy atom. The molecule has 1 aromatic carbocycles. The summed E-state index contributed by atoms with van der Waals surface area (Å²) in [7, 11) is 1.72.